The molecule has 0 fully saturated rings. The first-order chi connectivity index (χ1) is 12.7. The molecule has 0 saturated heterocycles. The van der Waals surface area contributed by atoms with E-state index in [2.05, 4.69) is 19.9 Å². The number of benzene rings is 1. The third kappa shape index (κ3) is 2.93. The van der Waals surface area contributed by atoms with Crippen molar-refractivity contribution in [1.82, 2.24) is 19.9 Å². The molecule has 4 aromatic rings. The minimum Gasteiger partial charge on any atom is -0.336 e. The Morgan fingerprint density at radius 1 is 0.846 bits per heavy atom. The molecule has 4 rings (SSSR count). The zero-order chi connectivity index (χ0) is 17.9. The number of hydrogen-bond donors (Lipinski definition) is 1. The molecule has 0 atom stereocenters. The van der Waals surface area contributed by atoms with E-state index in [1.54, 1.807) is 24.5 Å². The van der Waals surface area contributed by atoms with Gasteiger partial charge in [0, 0.05) is 30.1 Å². The van der Waals surface area contributed by atoms with Crippen LogP contribution in [0.15, 0.2) is 73.1 Å². The second-order valence-corrected chi connectivity index (χ2v) is 5.54. The van der Waals surface area contributed by atoms with Crippen molar-refractivity contribution >= 4 is 5.69 Å². The maximum absolute atomic E-state index is 10.8. The molecule has 1 aromatic carbocycles. The Kier molecular flexibility index (Phi) is 3.95. The lowest BCUT2D eigenvalue weighted by atomic mass is 10.2. The van der Waals surface area contributed by atoms with Crippen LogP contribution in [-0.4, -0.2) is 24.9 Å². The fourth-order valence-corrected chi connectivity index (χ4v) is 2.64. The first kappa shape index (κ1) is 15.6. The van der Waals surface area contributed by atoms with Crippen LogP contribution in [0.2, 0.25) is 0 Å². The molecular weight excluding hydrogens is 330 g/mol. The van der Waals surface area contributed by atoms with Gasteiger partial charge in [0.15, 0.2) is 0 Å². The van der Waals surface area contributed by atoms with Crippen LogP contribution in [0.5, 0.6) is 0 Å². The summed E-state index contributed by atoms with van der Waals surface area (Å²) in [7, 11) is 0. The van der Waals surface area contributed by atoms with Gasteiger partial charge >= 0.3 is 0 Å². The van der Waals surface area contributed by atoms with Gasteiger partial charge < -0.3 is 4.98 Å². The van der Waals surface area contributed by atoms with Crippen molar-refractivity contribution in [2.45, 2.75) is 0 Å². The van der Waals surface area contributed by atoms with E-state index in [4.69, 9.17) is 0 Å². The highest BCUT2D eigenvalue weighted by atomic mass is 16.6. The maximum Gasteiger partial charge on any atom is 0.269 e. The second kappa shape index (κ2) is 6.56. The minimum atomic E-state index is -0.426. The molecule has 7 heteroatoms. The van der Waals surface area contributed by atoms with E-state index in [0.717, 1.165) is 22.6 Å². The molecule has 0 aliphatic heterocycles. The first-order valence-corrected chi connectivity index (χ1v) is 7.90. The Morgan fingerprint density at radius 2 is 1.50 bits per heavy atom. The number of aromatic amines is 1. The molecule has 0 bridgehead atoms. The van der Waals surface area contributed by atoms with Crippen LogP contribution in [0.1, 0.15) is 0 Å². The molecule has 0 spiro atoms. The first-order valence-electron chi connectivity index (χ1n) is 7.90. The van der Waals surface area contributed by atoms with Crippen molar-refractivity contribution in [2.75, 3.05) is 0 Å². The molecule has 0 aliphatic rings. The third-order valence-corrected chi connectivity index (χ3v) is 3.88. The Labute approximate surface area is 148 Å². The quantitative estimate of drug-likeness (QED) is 0.444. The number of non-ortho nitro benzene ring substituents is 1. The fourth-order valence-electron chi connectivity index (χ4n) is 2.64. The zero-order valence-corrected chi connectivity index (χ0v) is 13.5. The van der Waals surface area contributed by atoms with E-state index >= 15 is 0 Å². The summed E-state index contributed by atoms with van der Waals surface area (Å²) in [5.41, 5.74) is 3.67. The summed E-state index contributed by atoms with van der Waals surface area (Å²) in [6.07, 6.45) is 3.42. The molecule has 126 valence electrons. The van der Waals surface area contributed by atoms with Gasteiger partial charge in [0.2, 0.25) is 0 Å². The largest absolute Gasteiger partial charge is 0.336 e. The average molecular weight is 343 g/mol. The zero-order valence-electron chi connectivity index (χ0n) is 13.5. The lowest BCUT2D eigenvalue weighted by Gasteiger charge is -2.00. The highest BCUT2D eigenvalue weighted by Gasteiger charge is 2.17. The van der Waals surface area contributed by atoms with Crippen molar-refractivity contribution in [3.8, 4) is 34.2 Å². The van der Waals surface area contributed by atoms with Gasteiger partial charge in [-0.1, -0.05) is 12.1 Å². The molecule has 3 heterocycles. The van der Waals surface area contributed by atoms with Gasteiger partial charge in [-0.05, 0) is 36.4 Å². The number of imidazole rings is 1. The second-order valence-electron chi connectivity index (χ2n) is 5.54. The molecule has 0 saturated carbocycles. The summed E-state index contributed by atoms with van der Waals surface area (Å²) in [4.78, 5) is 27.1. The fraction of sp³-hybridized carbons (Fsp3) is 0. The topological polar surface area (TPSA) is 97.6 Å². The predicted molar refractivity (Wildman–Crippen MR) is 97.1 cm³/mol. The summed E-state index contributed by atoms with van der Waals surface area (Å²) in [5.74, 6) is 0.598. The number of hydrogen-bond acceptors (Lipinski definition) is 5. The lowest BCUT2D eigenvalue weighted by molar-refractivity contribution is -0.384. The van der Waals surface area contributed by atoms with Crippen molar-refractivity contribution in [3.05, 3.63) is 83.2 Å². The normalized spacial score (nSPS) is 10.6. The summed E-state index contributed by atoms with van der Waals surface area (Å²) >= 11 is 0. The van der Waals surface area contributed by atoms with Crippen molar-refractivity contribution in [3.63, 3.8) is 0 Å². The van der Waals surface area contributed by atoms with Gasteiger partial charge in [-0.3, -0.25) is 20.1 Å². The lowest BCUT2D eigenvalue weighted by Crippen LogP contribution is -1.88. The van der Waals surface area contributed by atoms with E-state index in [1.807, 2.05) is 36.4 Å². The van der Waals surface area contributed by atoms with E-state index in [1.165, 1.54) is 12.1 Å². The van der Waals surface area contributed by atoms with Crippen molar-refractivity contribution in [2.24, 2.45) is 0 Å². The molecule has 7 nitrogen and oxygen atoms in total. The van der Waals surface area contributed by atoms with Crippen LogP contribution in [0.4, 0.5) is 5.69 Å². The number of pyridine rings is 2. The van der Waals surface area contributed by atoms with Gasteiger partial charge in [0.05, 0.1) is 22.0 Å². The average Bonchev–Trinajstić information content (AvgIpc) is 3.15. The summed E-state index contributed by atoms with van der Waals surface area (Å²) in [6.45, 7) is 0. The Hall–Kier alpha value is -3.87. The molecule has 3 aromatic heterocycles. The van der Waals surface area contributed by atoms with Gasteiger partial charge in [-0.15, -0.1) is 0 Å². The standard InChI is InChI=1S/C19H13N5O2/c25-24(26)14-9-7-13(8-10-14)19-22-17(15-5-1-3-11-20-15)18(23-19)16-6-2-4-12-21-16/h1-12H,(H,22,23). The summed E-state index contributed by atoms with van der Waals surface area (Å²) in [5, 5.41) is 10.8. The molecule has 0 radical (unpaired) electrons. The molecule has 0 unspecified atom stereocenters. The molecule has 0 aliphatic carbocycles. The van der Waals surface area contributed by atoms with E-state index < -0.39 is 4.92 Å². The van der Waals surface area contributed by atoms with Gasteiger partial charge in [-0.25, -0.2) is 4.98 Å². The Morgan fingerprint density at radius 3 is 2.08 bits per heavy atom. The van der Waals surface area contributed by atoms with E-state index in [9.17, 15) is 10.1 Å². The van der Waals surface area contributed by atoms with Gasteiger partial charge in [0.25, 0.3) is 5.69 Å². The number of nitro groups is 1. The van der Waals surface area contributed by atoms with Crippen LogP contribution in [-0.2, 0) is 0 Å². The van der Waals surface area contributed by atoms with E-state index in [0.29, 0.717) is 11.5 Å². The number of nitrogens with one attached hydrogen (secondary N) is 1. The van der Waals surface area contributed by atoms with Crippen LogP contribution < -0.4 is 0 Å². The molecule has 0 amide bonds. The molecular formula is C19H13N5O2. The summed E-state index contributed by atoms with van der Waals surface area (Å²) in [6, 6.07) is 17.5. The number of nitro benzene ring substituents is 1. The van der Waals surface area contributed by atoms with E-state index in [-0.39, 0.29) is 5.69 Å². The highest BCUT2D eigenvalue weighted by Crippen LogP contribution is 2.31. The SMILES string of the molecule is O=[N+]([O-])c1ccc(-c2nc(-c3ccccn3)c(-c3ccccn3)[nH]2)cc1. The number of H-pyrrole nitrogens is 1. The summed E-state index contributed by atoms with van der Waals surface area (Å²) < 4.78 is 0. The van der Waals surface area contributed by atoms with Gasteiger partial charge in [-0.2, -0.15) is 0 Å². The molecule has 1 N–H and O–H groups in total. The minimum absolute atomic E-state index is 0.0372. The number of nitrogens with zero attached hydrogens (tertiary/aromatic N) is 4. The monoisotopic (exact) mass is 343 g/mol. The van der Waals surface area contributed by atoms with Crippen molar-refractivity contribution < 1.29 is 4.92 Å². The highest BCUT2D eigenvalue weighted by molar-refractivity contribution is 5.78. The van der Waals surface area contributed by atoms with Crippen LogP contribution >= 0.6 is 0 Å². The Bertz CT molecular complexity index is 988. The predicted octanol–water partition coefficient (Wildman–Crippen LogP) is 4.11. The Balaban J connectivity index is 1.85. The smallest absolute Gasteiger partial charge is 0.269 e. The van der Waals surface area contributed by atoms with Crippen LogP contribution in [0.3, 0.4) is 0 Å². The van der Waals surface area contributed by atoms with Crippen LogP contribution in [0.25, 0.3) is 34.2 Å². The van der Waals surface area contributed by atoms with Crippen LogP contribution in [0, 0.1) is 10.1 Å². The van der Waals surface area contributed by atoms with Crippen molar-refractivity contribution in [1.29, 1.82) is 0 Å². The number of aromatic nitrogens is 4. The maximum atomic E-state index is 10.8. The third-order valence-electron chi connectivity index (χ3n) is 3.88. The molecule has 26 heavy (non-hydrogen) atoms. The van der Waals surface area contributed by atoms with Gasteiger partial charge in [0.1, 0.15) is 11.5 Å². The number of rotatable bonds is 4.